The third kappa shape index (κ3) is 3.49. The second kappa shape index (κ2) is 5.81. The Morgan fingerprint density at radius 2 is 2.37 bits per heavy atom. The Morgan fingerprint density at radius 1 is 1.63 bits per heavy atom. The van der Waals surface area contributed by atoms with Crippen molar-refractivity contribution in [2.75, 3.05) is 11.5 Å². The average Bonchev–Trinajstić information content (AvgIpc) is 2.83. The number of aryl methyl sites for hydroxylation is 1. The van der Waals surface area contributed by atoms with Gasteiger partial charge in [-0.25, -0.2) is 8.42 Å². The van der Waals surface area contributed by atoms with Gasteiger partial charge in [-0.3, -0.25) is 4.68 Å². The zero-order valence-electron chi connectivity index (χ0n) is 11.0. The van der Waals surface area contributed by atoms with E-state index in [1.165, 1.54) is 0 Å². The van der Waals surface area contributed by atoms with Gasteiger partial charge in [0.05, 0.1) is 28.4 Å². The van der Waals surface area contributed by atoms with Crippen molar-refractivity contribution in [3.05, 3.63) is 16.9 Å². The fraction of sp³-hybridized carbons (Fsp3) is 0.750. The van der Waals surface area contributed by atoms with Gasteiger partial charge in [0.2, 0.25) is 0 Å². The summed E-state index contributed by atoms with van der Waals surface area (Å²) in [6, 6.07) is -0.250. The van der Waals surface area contributed by atoms with E-state index in [2.05, 4.69) is 12.0 Å². The van der Waals surface area contributed by atoms with E-state index < -0.39 is 9.84 Å². The van der Waals surface area contributed by atoms with Crippen molar-refractivity contribution in [2.45, 2.75) is 38.8 Å². The summed E-state index contributed by atoms with van der Waals surface area (Å²) in [6.45, 7) is 2.84. The Bertz CT molecular complexity index is 541. The molecule has 1 aliphatic rings. The van der Waals surface area contributed by atoms with Crippen molar-refractivity contribution in [3.63, 3.8) is 0 Å². The summed E-state index contributed by atoms with van der Waals surface area (Å²) in [5.74, 6) is 0.674. The van der Waals surface area contributed by atoms with Crippen molar-refractivity contribution in [3.8, 4) is 0 Å². The predicted molar refractivity (Wildman–Crippen MR) is 75.8 cm³/mol. The summed E-state index contributed by atoms with van der Waals surface area (Å²) in [7, 11) is -2.85. The number of sulfone groups is 1. The van der Waals surface area contributed by atoms with Crippen LogP contribution in [0.2, 0.25) is 5.02 Å². The Morgan fingerprint density at radius 3 is 2.95 bits per heavy atom. The lowest BCUT2D eigenvalue weighted by Gasteiger charge is -2.17. The zero-order chi connectivity index (χ0) is 14.0. The molecule has 1 aromatic rings. The van der Waals surface area contributed by atoms with Gasteiger partial charge in [-0.05, 0) is 25.2 Å². The molecule has 2 N–H and O–H groups in total. The molecule has 2 heterocycles. The summed E-state index contributed by atoms with van der Waals surface area (Å²) < 4.78 is 24.8. The summed E-state index contributed by atoms with van der Waals surface area (Å²) in [4.78, 5) is 0. The second-order valence-electron chi connectivity index (χ2n) is 5.21. The number of hydrogen-bond acceptors (Lipinski definition) is 4. The van der Waals surface area contributed by atoms with Crippen LogP contribution >= 0.6 is 11.6 Å². The first-order valence-electron chi connectivity index (χ1n) is 6.60. The highest BCUT2D eigenvalue weighted by Crippen LogP contribution is 2.30. The molecule has 0 aliphatic carbocycles. The van der Waals surface area contributed by atoms with Gasteiger partial charge in [0.15, 0.2) is 9.84 Å². The van der Waals surface area contributed by atoms with Gasteiger partial charge < -0.3 is 5.73 Å². The lowest BCUT2D eigenvalue weighted by molar-refractivity contribution is 0.449. The zero-order valence-corrected chi connectivity index (χ0v) is 12.6. The van der Waals surface area contributed by atoms with Gasteiger partial charge in [0, 0.05) is 12.6 Å². The largest absolute Gasteiger partial charge is 0.323 e. The monoisotopic (exact) mass is 305 g/mol. The number of aromatic nitrogens is 2. The van der Waals surface area contributed by atoms with Crippen molar-refractivity contribution in [2.24, 2.45) is 11.7 Å². The van der Waals surface area contributed by atoms with Gasteiger partial charge in [-0.1, -0.05) is 18.5 Å². The minimum Gasteiger partial charge on any atom is -0.323 e. The lowest BCUT2D eigenvalue weighted by atomic mass is 9.98. The second-order valence-corrected chi connectivity index (χ2v) is 7.85. The molecule has 1 aromatic heterocycles. The van der Waals surface area contributed by atoms with Crippen molar-refractivity contribution >= 4 is 21.4 Å². The molecule has 2 atom stereocenters. The molecule has 7 heteroatoms. The molecule has 0 spiro atoms. The van der Waals surface area contributed by atoms with Crippen LogP contribution in [0, 0.1) is 5.92 Å². The Hall–Kier alpha value is -0.590. The van der Waals surface area contributed by atoms with Gasteiger partial charge in [0.1, 0.15) is 0 Å². The van der Waals surface area contributed by atoms with Crippen molar-refractivity contribution < 1.29 is 8.42 Å². The van der Waals surface area contributed by atoms with E-state index in [0.717, 1.165) is 18.7 Å². The minimum absolute atomic E-state index is 0.140. The van der Waals surface area contributed by atoms with Crippen LogP contribution in [-0.2, 0) is 16.4 Å². The number of hydrogen-bond donors (Lipinski definition) is 1. The van der Waals surface area contributed by atoms with E-state index in [4.69, 9.17) is 17.3 Å². The van der Waals surface area contributed by atoms with Crippen LogP contribution in [0.3, 0.4) is 0 Å². The molecule has 0 amide bonds. The Balaban J connectivity index is 2.08. The number of halogens is 1. The third-order valence-corrected chi connectivity index (χ3v) is 5.66. The smallest absolute Gasteiger partial charge is 0.150 e. The lowest BCUT2D eigenvalue weighted by Crippen LogP contribution is -2.20. The molecule has 1 fully saturated rings. The standard InChI is InChI=1S/C12H20ClN3O2S/c1-2-4-16-12(10(13)7-15-16)11(14)6-9-3-5-19(17,18)8-9/h7,9,11H,2-6,8,14H2,1H3. The van der Waals surface area contributed by atoms with Crippen molar-refractivity contribution in [1.29, 1.82) is 0 Å². The van der Waals surface area contributed by atoms with Crippen molar-refractivity contribution in [1.82, 2.24) is 9.78 Å². The number of rotatable bonds is 5. The van der Waals surface area contributed by atoms with E-state index in [-0.39, 0.29) is 23.5 Å². The third-order valence-electron chi connectivity index (χ3n) is 3.53. The molecule has 2 unspecified atom stereocenters. The SMILES string of the molecule is CCCn1ncc(Cl)c1C(N)CC1CCS(=O)(=O)C1. The van der Waals surface area contributed by atoms with Gasteiger partial charge in [0.25, 0.3) is 0 Å². The molecule has 19 heavy (non-hydrogen) atoms. The first-order valence-corrected chi connectivity index (χ1v) is 8.80. The molecule has 108 valence electrons. The molecule has 0 bridgehead atoms. The van der Waals surface area contributed by atoms with Crippen LogP contribution in [0.15, 0.2) is 6.20 Å². The van der Waals surface area contributed by atoms with Gasteiger partial charge in [-0.2, -0.15) is 5.10 Å². The molecular formula is C12H20ClN3O2S. The summed E-state index contributed by atoms with van der Waals surface area (Å²) in [6.07, 6.45) is 3.91. The first kappa shape index (κ1) is 14.8. The highest BCUT2D eigenvalue weighted by atomic mass is 35.5. The summed E-state index contributed by atoms with van der Waals surface area (Å²) in [5, 5.41) is 4.79. The quantitative estimate of drug-likeness (QED) is 0.899. The molecule has 5 nitrogen and oxygen atoms in total. The maximum absolute atomic E-state index is 11.5. The normalized spacial score (nSPS) is 23.6. The van der Waals surface area contributed by atoms with E-state index in [9.17, 15) is 8.42 Å². The molecule has 0 aromatic carbocycles. The Kier molecular flexibility index (Phi) is 4.53. The van der Waals surface area contributed by atoms with Crippen LogP contribution < -0.4 is 5.73 Å². The number of nitrogens with zero attached hydrogens (tertiary/aromatic N) is 2. The first-order chi connectivity index (χ1) is 8.93. The van der Waals surface area contributed by atoms with Crippen LogP contribution in [0.4, 0.5) is 0 Å². The predicted octanol–water partition coefficient (Wildman–Crippen LogP) is 1.77. The minimum atomic E-state index is -2.85. The summed E-state index contributed by atoms with van der Waals surface area (Å²) >= 11 is 6.14. The van der Waals surface area contributed by atoms with Crippen LogP contribution in [-0.4, -0.2) is 29.7 Å². The molecule has 1 aliphatic heterocycles. The number of nitrogens with two attached hydrogens (primary N) is 1. The van der Waals surface area contributed by atoms with Crippen LogP contribution in [0.1, 0.15) is 37.9 Å². The van der Waals surface area contributed by atoms with E-state index in [1.807, 2.05) is 4.68 Å². The molecule has 0 radical (unpaired) electrons. The highest BCUT2D eigenvalue weighted by Gasteiger charge is 2.30. The Labute approximate surface area is 119 Å². The van der Waals surface area contributed by atoms with Crippen LogP contribution in [0.5, 0.6) is 0 Å². The summed E-state index contributed by atoms with van der Waals surface area (Å²) in [5.41, 5.74) is 7.03. The topological polar surface area (TPSA) is 78.0 Å². The fourth-order valence-electron chi connectivity index (χ4n) is 2.66. The van der Waals surface area contributed by atoms with E-state index in [1.54, 1.807) is 6.20 Å². The van der Waals surface area contributed by atoms with Gasteiger partial charge >= 0.3 is 0 Å². The molecule has 1 saturated heterocycles. The maximum Gasteiger partial charge on any atom is 0.150 e. The van der Waals surface area contributed by atoms with E-state index in [0.29, 0.717) is 17.9 Å². The highest BCUT2D eigenvalue weighted by molar-refractivity contribution is 7.91. The molecule has 0 saturated carbocycles. The average molecular weight is 306 g/mol. The van der Waals surface area contributed by atoms with E-state index >= 15 is 0 Å². The van der Waals surface area contributed by atoms with Crippen LogP contribution in [0.25, 0.3) is 0 Å². The fourth-order valence-corrected chi connectivity index (χ4v) is 4.82. The van der Waals surface area contributed by atoms with Gasteiger partial charge in [-0.15, -0.1) is 0 Å². The molecule has 2 rings (SSSR count). The molecular weight excluding hydrogens is 286 g/mol. The maximum atomic E-state index is 11.5.